The molecular weight excluding hydrogens is 282 g/mol. The molecule has 0 aromatic heterocycles. The van der Waals surface area contributed by atoms with Crippen LogP contribution in [-0.2, 0) is 4.79 Å². The van der Waals surface area contributed by atoms with Gasteiger partial charge in [0.15, 0.2) is 0 Å². The molecule has 1 fully saturated rings. The molecule has 116 valence electrons. The molecule has 1 aromatic rings. The van der Waals surface area contributed by atoms with Crippen LogP contribution in [0.1, 0.15) is 65.7 Å². The molecule has 1 aliphatic heterocycles. The number of imide groups is 1. The highest BCUT2D eigenvalue weighted by atomic mass is 16.4. The molecule has 0 radical (unpaired) electrons. The van der Waals surface area contributed by atoms with E-state index < -0.39 is 23.3 Å². The maximum atomic E-state index is 12.7. The average molecular weight is 301 g/mol. The van der Waals surface area contributed by atoms with Gasteiger partial charge >= 0.3 is 5.97 Å². The summed E-state index contributed by atoms with van der Waals surface area (Å²) >= 11 is 0. The first-order valence-electron chi connectivity index (χ1n) is 7.79. The molecule has 3 rings (SSSR count). The third kappa shape index (κ3) is 2.12. The van der Waals surface area contributed by atoms with E-state index in [1.54, 1.807) is 24.3 Å². The van der Waals surface area contributed by atoms with E-state index in [0.29, 0.717) is 24.0 Å². The number of aliphatic carboxylic acids is 1. The highest BCUT2D eigenvalue weighted by Crippen LogP contribution is 2.37. The van der Waals surface area contributed by atoms with Gasteiger partial charge in [-0.1, -0.05) is 44.2 Å². The molecule has 22 heavy (non-hydrogen) atoms. The number of hydrogen-bond donors (Lipinski definition) is 1. The van der Waals surface area contributed by atoms with E-state index in [1.807, 2.05) is 0 Å². The molecule has 1 aromatic carbocycles. The number of rotatable bonds is 2. The predicted octanol–water partition coefficient (Wildman–Crippen LogP) is 2.85. The molecule has 1 saturated carbocycles. The largest absolute Gasteiger partial charge is 0.479 e. The first-order valence-corrected chi connectivity index (χ1v) is 7.79. The average Bonchev–Trinajstić information content (AvgIpc) is 2.73. The highest BCUT2D eigenvalue weighted by molar-refractivity contribution is 6.23. The molecule has 2 aliphatic rings. The van der Waals surface area contributed by atoms with Gasteiger partial charge in [0, 0.05) is 0 Å². The van der Waals surface area contributed by atoms with Gasteiger partial charge in [0.05, 0.1) is 11.1 Å². The van der Waals surface area contributed by atoms with Crippen LogP contribution in [0.25, 0.3) is 0 Å². The van der Waals surface area contributed by atoms with Crippen LogP contribution >= 0.6 is 0 Å². The minimum absolute atomic E-state index is 0.315. The minimum atomic E-state index is -1.40. The lowest BCUT2D eigenvalue weighted by Crippen LogP contribution is -2.57. The molecule has 1 heterocycles. The smallest absolute Gasteiger partial charge is 0.330 e. The van der Waals surface area contributed by atoms with E-state index in [9.17, 15) is 19.5 Å². The van der Waals surface area contributed by atoms with E-state index in [4.69, 9.17) is 0 Å². The predicted molar refractivity (Wildman–Crippen MR) is 79.6 cm³/mol. The van der Waals surface area contributed by atoms with E-state index in [1.165, 1.54) is 0 Å². The Bertz CT molecular complexity index is 594. The maximum Gasteiger partial charge on any atom is 0.330 e. The number of fused-ring (bicyclic) bond motifs is 1. The lowest BCUT2D eigenvalue weighted by atomic mass is 9.82. The van der Waals surface area contributed by atoms with Gasteiger partial charge in [-0.15, -0.1) is 0 Å². The molecule has 0 saturated heterocycles. The zero-order valence-corrected chi connectivity index (χ0v) is 12.4. The van der Waals surface area contributed by atoms with Gasteiger partial charge in [0.25, 0.3) is 11.8 Å². The molecule has 5 heteroatoms. The molecule has 0 spiro atoms. The summed E-state index contributed by atoms with van der Waals surface area (Å²) in [6.07, 6.45) is 5.09. The van der Waals surface area contributed by atoms with Crippen molar-refractivity contribution in [2.45, 2.75) is 50.5 Å². The third-order valence-corrected chi connectivity index (χ3v) is 4.80. The lowest BCUT2D eigenvalue weighted by molar-refractivity contribution is -0.149. The summed E-state index contributed by atoms with van der Waals surface area (Å²) in [6, 6.07) is 6.57. The molecular formula is C17H19NO4. The zero-order chi connectivity index (χ0) is 15.7. The fourth-order valence-corrected chi connectivity index (χ4v) is 3.60. The number of carbonyl (C=O) groups excluding carboxylic acids is 2. The number of nitrogens with zero attached hydrogens (tertiary/aromatic N) is 1. The van der Waals surface area contributed by atoms with Crippen molar-refractivity contribution < 1.29 is 19.5 Å². The number of carboxylic acids is 1. The summed E-state index contributed by atoms with van der Waals surface area (Å²) in [5.74, 6) is -2.00. The first kappa shape index (κ1) is 14.8. The SMILES string of the molecule is O=C1c2ccccc2C(=O)N1C1(C(=O)O)CCCCCCC1. The standard InChI is InChI=1S/C17H19NO4/c19-14-12-8-4-5-9-13(12)15(20)18(14)17(16(21)22)10-6-2-1-3-7-11-17/h4-5,8-9H,1-3,6-7,10-11H2,(H,21,22). The van der Waals surface area contributed by atoms with Crippen molar-refractivity contribution in [3.63, 3.8) is 0 Å². The number of hydrogen-bond acceptors (Lipinski definition) is 3. The van der Waals surface area contributed by atoms with Crippen molar-refractivity contribution >= 4 is 17.8 Å². The fourth-order valence-electron chi connectivity index (χ4n) is 3.60. The first-order chi connectivity index (χ1) is 10.6. The van der Waals surface area contributed by atoms with E-state index in [-0.39, 0.29) is 0 Å². The second kappa shape index (κ2) is 5.55. The van der Waals surface area contributed by atoms with Crippen molar-refractivity contribution in [3.8, 4) is 0 Å². The summed E-state index contributed by atoms with van der Waals surface area (Å²) in [5.41, 5.74) is -0.765. The normalized spacial score (nSPS) is 21.2. The van der Waals surface area contributed by atoms with Crippen molar-refractivity contribution in [1.82, 2.24) is 4.90 Å². The van der Waals surface area contributed by atoms with Crippen LogP contribution in [0.3, 0.4) is 0 Å². The Balaban J connectivity index is 2.04. The van der Waals surface area contributed by atoms with Gasteiger partial charge < -0.3 is 5.11 Å². The van der Waals surface area contributed by atoms with Crippen molar-refractivity contribution in [3.05, 3.63) is 35.4 Å². The summed E-state index contributed by atoms with van der Waals surface area (Å²) < 4.78 is 0. The van der Waals surface area contributed by atoms with Gasteiger partial charge in [-0.05, 0) is 25.0 Å². The summed E-state index contributed by atoms with van der Waals surface area (Å²) in [6.45, 7) is 0. The van der Waals surface area contributed by atoms with Crippen LogP contribution in [0.5, 0.6) is 0 Å². The lowest BCUT2D eigenvalue weighted by Gasteiger charge is -2.38. The van der Waals surface area contributed by atoms with E-state index in [2.05, 4.69) is 0 Å². The van der Waals surface area contributed by atoms with Crippen LogP contribution in [-0.4, -0.2) is 33.3 Å². The molecule has 1 N–H and O–H groups in total. The van der Waals surface area contributed by atoms with Gasteiger partial charge in [0.1, 0.15) is 5.54 Å². The monoisotopic (exact) mass is 301 g/mol. The minimum Gasteiger partial charge on any atom is -0.479 e. The summed E-state index contributed by atoms with van der Waals surface area (Å²) in [5, 5.41) is 9.83. The van der Waals surface area contributed by atoms with Crippen LogP contribution in [0, 0.1) is 0 Å². The van der Waals surface area contributed by atoms with E-state index in [0.717, 1.165) is 37.0 Å². The van der Waals surface area contributed by atoms with Crippen LogP contribution in [0.2, 0.25) is 0 Å². The Hall–Kier alpha value is -2.17. The van der Waals surface area contributed by atoms with Crippen LogP contribution in [0.15, 0.2) is 24.3 Å². The molecule has 0 atom stereocenters. The van der Waals surface area contributed by atoms with Crippen molar-refractivity contribution in [2.24, 2.45) is 0 Å². The summed E-state index contributed by atoms with van der Waals surface area (Å²) in [7, 11) is 0. The molecule has 0 unspecified atom stereocenters. The highest BCUT2D eigenvalue weighted by Gasteiger charge is 2.53. The van der Waals surface area contributed by atoms with Crippen molar-refractivity contribution in [2.75, 3.05) is 0 Å². The zero-order valence-electron chi connectivity index (χ0n) is 12.4. The number of benzene rings is 1. The quantitative estimate of drug-likeness (QED) is 0.852. The maximum absolute atomic E-state index is 12.7. The number of carbonyl (C=O) groups is 3. The topological polar surface area (TPSA) is 74.7 Å². The Morgan fingerprint density at radius 3 is 1.82 bits per heavy atom. The van der Waals surface area contributed by atoms with E-state index >= 15 is 0 Å². The molecule has 0 bridgehead atoms. The third-order valence-electron chi connectivity index (χ3n) is 4.80. The number of carboxylic acid groups (broad SMARTS) is 1. The Labute approximate surface area is 128 Å². The molecule has 2 amide bonds. The van der Waals surface area contributed by atoms with Crippen molar-refractivity contribution in [1.29, 1.82) is 0 Å². The Morgan fingerprint density at radius 2 is 1.36 bits per heavy atom. The van der Waals surface area contributed by atoms with Gasteiger partial charge in [-0.3, -0.25) is 14.5 Å². The Kier molecular flexibility index (Phi) is 3.72. The second-order valence-corrected chi connectivity index (χ2v) is 6.10. The molecule has 5 nitrogen and oxygen atoms in total. The van der Waals surface area contributed by atoms with Crippen LogP contribution < -0.4 is 0 Å². The fraction of sp³-hybridized carbons (Fsp3) is 0.471. The van der Waals surface area contributed by atoms with Crippen LogP contribution in [0.4, 0.5) is 0 Å². The van der Waals surface area contributed by atoms with Gasteiger partial charge in [0.2, 0.25) is 0 Å². The van der Waals surface area contributed by atoms with Gasteiger partial charge in [-0.2, -0.15) is 0 Å². The number of amides is 2. The summed E-state index contributed by atoms with van der Waals surface area (Å²) in [4.78, 5) is 38.4. The second-order valence-electron chi connectivity index (χ2n) is 6.10. The molecule has 1 aliphatic carbocycles. The van der Waals surface area contributed by atoms with Gasteiger partial charge in [-0.25, -0.2) is 4.79 Å². The Morgan fingerprint density at radius 1 is 0.909 bits per heavy atom.